The largest absolute Gasteiger partial charge is 0.309 e. The van der Waals surface area contributed by atoms with Gasteiger partial charge in [0, 0.05) is 61.6 Å². The molecule has 1 aromatic heterocycles. The molecule has 1 saturated carbocycles. The molecular formula is C17H29N3S. The zero-order valence-electron chi connectivity index (χ0n) is 13.5. The van der Waals surface area contributed by atoms with Crippen molar-refractivity contribution in [2.45, 2.75) is 45.8 Å². The van der Waals surface area contributed by atoms with E-state index >= 15 is 0 Å². The molecule has 0 radical (unpaired) electrons. The zero-order chi connectivity index (χ0) is 14.7. The van der Waals surface area contributed by atoms with Crippen LogP contribution in [0.15, 0.2) is 12.1 Å². The van der Waals surface area contributed by atoms with E-state index < -0.39 is 0 Å². The van der Waals surface area contributed by atoms with Gasteiger partial charge in [-0.05, 0) is 30.9 Å². The van der Waals surface area contributed by atoms with E-state index in [0.29, 0.717) is 0 Å². The molecule has 3 rings (SSSR count). The molecule has 1 aliphatic carbocycles. The van der Waals surface area contributed by atoms with Gasteiger partial charge in [-0.25, -0.2) is 0 Å². The van der Waals surface area contributed by atoms with Gasteiger partial charge in [-0.15, -0.1) is 11.3 Å². The molecular weight excluding hydrogens is 278 g/mol. The molecule has 1 aromatic rings. The van der Waals surface area contributed by atoms with Gasteiger partial charge in [0.05, 0.1) is 0 Å². The minimum absolute atomic E-state index is 0.787. The lowest BCUT2D eigenvalue weighted by atomic mass is 10.2. The lowest BCUT2D eigenvalue weighted by Gasteiger charge is -2.35. The third-order valence-electron chi connectivity index (χ3n) is 4.33. The topological polar surface area (TPSA) is 18.5 Å². The molecule has 0 atom stereocenters. The van der Waals surface area contributed by atoms with Crippen LogP contribution < -0.4 is 5.32 Å². The molecule has 3 nitrogen and oxygen atoms in total. The van der Waals surface area contributed by atoms with Gasteiger partial charge in [0.2, 0.25) is 0 Å². The Morgan fingerprint density at radius 3 is 2.43 bits per heavy atom. The Morgan fingerprint density at radius 1 is 1.10 bits per heavy atom. The van der Waals surface area contributed by atoms with Crippen LogP contribution in [-0.2, 0) is 13.1 Å². The van der Waals surface area contributed by atoms with Crippen molar-refractivity contribution in [2.24, 2.45) is 5.92 Å². The number of rotatable bonds is 7. The van der Waals surface area contributed by atoms with E-state index in [2.05, 4.69) is 41.1 Å². The van der Waals surface area contributed by atoms with E-state index in [-0.39, 0.29) is 0 Å². The fourth-order valence-electron chi connectivity index (χ4n) is 3.00. The average Bonchev–Trinajstić information content (AvgIpc) is 3.18. The lowest BCUT2D eigenvalue weighted by Crippen LogP contribution is -2.46. The smallest absolute Gasteiger partial charge is 0.0329 e. The quantitative estimate of drug-likeness (QED) is 0.835. The van der Waals surface area contributed by atoms with Crippen molar-refractivity contribution in [2.75, 3.05) is 32.7 Å². The number of nitrogens with zero attached hydrogens (tertiary/aromatic N) is 2. The summed E-state index contributed by atoms with van der Waals surface area (Å²) >= 11 is 1.99. The van der Waals surface area contributed by atoms with Crippen LogP contribution >= 0.6 is 11.3 Å². The Labute approximate surface area is 133 Å². The summed E-state index contributed by atoms with van der Waals surface area (Å²) in [7, 11) is 0. The van der Waals surface area contributed by atoms with E-state index in [4.69, 9.17) is 0 Å². The Bertz CT molecular complexity index is 431. The van der Waals surface area contributed by atoms with Crippen LogP contribution in [0.1, 0.15) is 36.4 Å². The highest BCUT2D eigenvalue weighted by Crippen LogP contribution is 2.22. The highest BCUT2D eigenvalue weighted by atomic mass is 32.1. The second kappa shape index (κ2) is 7.23. The zero-order valence-corrected chi connectivity index (χ0v) is 14.3. The molecule has 0 bridgehead atoms. The van der Waals surface area contributed by atoms with E-state index in [1.165, 1.54) is 55.3 Å². The molecule has 0 amide bonds. The predicted molar refractivity (Wildman–Crippen MR) is 90.7 cm³/mol. The minimum Gasteiger partial charge on any atom is -0.309 e. The monoisotopic (exact) mass is 307 g/mol. The second-order valence-corrected chi connectivity index (χ2v) is 8.25. The first-order valence-corrected chi connectivity index (χ1v) is 9.26. The Kier molecular flexibility index (Phi) is 5.33. The van der Waals surface area contributed by atoms with Crippen molar-refractivity contribution < 1.29 is 0 Å². The Morgan fingerprint density at radius 2 is 1.76 bits per heavy atom. The molecule has 21 heavy (non-hydrogen) atoms. The average molecular weight is 308 g/mol. The highest BCUT2D eigenvalue weighted by Gasteiger charge is 2.21. The van der Waals surface area contributed by atoms with Crippen molar-refractivity contribution in [3.05, 3.63) is 21.9 Å². The van der Waals surface area contributed by atoms with Crippen LogP contribution in [0.2, 0.25) is 0 Å². The van der Waals surface area contributed by atoms with E-state index in [1.54, 1.807) is 0 Å². The van der Waals surface area contributed by atoms with E-state index in [0.717, 1.165) is 25.0 Å². The van der Waals surface area contributed by atoms with Crippen LogP contribution in [0.3, 0.4) is 0 Å². The number of thiophene rings is 1. The van der Waals surface area contributed by atoms with Crippen LogP contribution in [0.4, 0.5) is 0 Å². The summed E-state index contributed by atoms with van der Waals surface area (Å²) in [4.78, 5) is 8.25. The van der Waals surface area contributed by atoms with Gasteiger partial charge in [0.25, 0.3) is 0 Å². The molecule has 4 heteroatoms. The number of piperazine rings is 1. The maximum Gasteiger partial charge on any atom is 0.0329 e. The van der Waals surface area contributed by atoms with E-state index in [9.17, 15) is 0 Å². The summed E-state index contributed by atoms with van der Waals surface area (Å²) in [5, 5.41) is 3.60. The SMILES string of the molecule is CC(C)CN1CCN(Cc2ccc(CNC3CC3)s2)CC1. The number of hydrogen-bond donors (Lipinski definition) is 1. The summed E-state index contributed by atoms with van der Waals surface area (Å²) in [6, 6.07) is 5.45. The van der Waals surface area contributed by atoms with Crippen LogP contribution in [0.25, 0.3) is 0 Å². The van der Waals surface area contributed by atoms with Crippen molar-refractivity contribution in [3.8, 4) is 0 Å². The maximum absolute atomic E-state index is 3.60. The molecule has 1 saturated heterocycles. The normalized spacial score (nSPS) is 21.3. The highest BCUT2D eigenvalue weighted by molar-refractivity contribution is 7.11. The van der Waals surface area contributed by atoms with Crippen LogP contribution in [-0.4, -0.2) is 48.6 Å². The van der Waals surface area contributed by atoms with Crippen molar-refractivity contribution in [1.82, 2.24) is 15.1 Å². The van der Waals surface area contributed by atoms with Crippen molar-refractivity contribution in [1.29, 1.82) is 0 Å². The summed E-state index contributed by atoms with van der Waals surface area (Å²) in [6.45, 7) is 13.0. The Balaban J connectivity index is 1.40. The standard InChI is InChI=1S/C17H29N3S/c1-14(2)12-19-7-9-20(10-8-19)13-17-6-5-16(21-17)11-18-15-3-4-15/h5-6,14-15,18H,3-4,7-13H2,1-2H3. The van der Waals surface area contributed by atoms with Gasteiger partial charge in [-0.2, -0.15) is 0 Å². The van der Waals surface area contributed by atoms with Crippen molar-refractivity contribution >= 4 is 11.3 Å². The first kappa shape index (κ1) is 15.5. The lowest BCUT2D eigenvalue weighted by molar-refractivity contribution is 0.118. The van der Waals surface area contributed by atoms with Gasteiger partial charge < -0.3 is 10.2 Å². The molecule has 2 fully saturated rings. The first-order valence-electron chi connectivity index (χ1n) is 8.45. The fraction of sp³-hybridized carbons (Fsp3) is 0.765. The number of nitrogens with one attached hydrogen (secondary N) is 1. The summed E-state index contributed by atoms with van der Waals surface area (Å²) in [5.74, 6) is 0.787. The van der Waals surface area contributed by atoms with Gasteiger partial charge in [0.1, 0.15) is 0 Å². The summed E-state index contributed by atoms with van der Waals surface area (Å²) in [6.07, 6.45) is 2.75. The second-order valence-electron chi connectivity index (χ2n) is 6.99. The van der Waals surface area contributed by atoms with Gasteiger partial charge in [-0.1, -0.05) is 13.8 Å². The fourth-order valence-corrected chi connectivity index (χ4v) is 4.01. The molecule has 118 valence electrons. The molecule has 1 aliphatic heterocycles. The Hall–Kier alpha value is -0.420. The third kappa shape index (κ3) is 5.06. The van der Waals surface area contributed by atoms with E-state index in [1.807, 2.05) is 11.3 Å². The summed E-state index contributed by atoms with van der Waals surface area (Å²) in [5.41, 5.74) is 0. The van der Waals surface area contributed by atoms with Gasteiger partial charge >= 0.3 is 0 Å². The predicted octanol–water partition coefficient (Wildman–Crippen LogP) is 2.77. The molecule has 1 N–H and O–H groups in total. The molecule has 0 unspecified atom stereocenters. The van der Waals surface area contributed by atoms with Crippen LogP contribution in [0.5, 0.6) is 0 Å². The molecule has 2 heterocycles. The number of hydrogen-bond acceptors (Lipinski definition) is 4. The molecule has 0 spiro atoms. The van der Waals surface area contributed by atoms with Gasteiger partial charge in [0.15, 0.2) is 0 Å². The molecule has 0 aromatic carbocycles. The van der Waals surface area contributed by atoms with Gasteiger partial charge in [-0.3, -0.25) is 4.90 Å². The van der Waals surface area contributed by atoms with Crippen LogP contribution in [0, 0.1) is 5.92 Å². The maximum atomic E-state index is 3.60. The van der Waals surface area contributed by atoms with Crippen molar-refractivity contribution in [3.63, 3.8) is 0 Å². The first-order chi connectivity index (χ1) is 10.2. The minimum atomic E-state index is 0.787. The summed E-state index contributed by atoms with van der Waals surface area (Å²) < 4.78 is 0. The molecule has 2 aliphatic rings. The third-order valence-corrected chi connectivity index (χ3v) is 5.40.